The first-order chi connectivity index (χ1) is 12.6. The van der Waals surface area contributed by atoms with E-state index in [0.717, 1.165) is 70.2 Å². The van der Waals surface area contributed by atoms with Crippen LogP contribution in [-0.2, 0) is 0 Å². The molecule has 0 aliphatic carbocycles. The van der Waals surface area contributed by atoms with Crippen molar-refractivity contribution in [3.8, 4) is 0 Å². The molecule has 2 fully saturated rings. The third-order valence-electron chi connectivity index (χ3n) is 5.83. The van der Waals surface area contributed by atoms with Gasteiger partial charge < -0.3 is 19.8 Å². The number of aromatic nitrogens is 2. The van der Waals surface area contributed by atoms with Crippen LogP contribution in [-0.4, -0.2) is 97.9 Å². The Labute approximate surface area is 157 Å². The maximum absolute atomic E-state index is 9.35. The minimum atomic E-state index is 0.280. The van der Waals surface area contributed by atoms with Gasteiger partial charge in [0.25, 0.3) is 0 Å². The fourth-order valence-electron chi connectivity index (χ4n) is 4.21. The summed E-state index contributed by atoms with van der Waals surface area (Å²) < 4.78 is 0. The molecule has 2 aliphatic heterocycles. The Balaban J connectivity index is 1.70. The monoisotopic (exact) mass is 362 g/mol. The highest BCUT2D eigenvalue weighted by Crippen LogP contribution is 2.29. The highest BCUT2D eigenvalue weighted by atomic mass is 16.2. The minimum absolute atomic E-state index is 0.280. The zero-order valence-electron chi connectivity index (χ0n) is 16.5. The molecule has 2 atom stereocenters. The van der Waals surface area contributed by atoms with Gasteiger partial charge in [-0.15, -0.1) is 0 Å². The van der Waals surface area contributed by atoms with Gasteiger partial charge in [-0.2, -0.15) is 0 Å². The summed E-state index contributed by atoms with van der Waals surface area (Å²) >= 11 is 0. The maximum Gasteiger partial charge on any atom is 0.149 e. The lowest BCUT2D eigenvalue weighted by molar-refractivity contribution is 0.0637. The van der Waals surface area contributed by atoms with Crippen LogP contribution < -0.4 is 9.80 Å². The quantitative estimate of drug-likeness (QED) is 0.802. The lowest BCUT2D eigenvalue weighted by Crippen LogP contribution is -2.56. The van der Waals surface area contributed by atoms with Gasteiger partial charge in [-0.25, -0.2) is 4.98 Å². The van der Waals surface area contributed by atoms with Crippen molar-refractivity contribution in [1.29, 1.82) is 0 Å². The van der Waals surface area contributed by atoms with Crippen molar-refractivity contribution in [2.45, 2.75) is 25.3 Å². The molecule has 146 valence electrons. The van der Waals surface area contributed by atoms with Crippen LogP contribution in [0.15, 0.2) is 12.4 Å². The molecule has 0 radical (unpaired) electrons. The molecule has 1 aromatic heterocycles. The van der Waals surface area contributed by atoms with Crippen LogP contribution in [0.1, 0.15) is 19.3 Å². The summed E-state index contributed by atoms with van der Waals surface area (Å²) in [7, 11) is 6.20. The number of piperidine rings is 1. The van der Waals surface area contributed by atoms with Crippen LogP contribution in [0.25, 0.3) is 0 Å². The van der Waals surface area contributed by atoms with E-state index in [1.54, 1.807) is 0 Å². The summed E-state index contributed by atoms with van der Waals surface area (Å²) in [6.07, 6.45) is 6.81. The molecule has 0 saturated carbocycles. The first kappa shape index (κ1) is 19.3. The smallest absolute Gasteiger partial charge is 0.149 e. The fourth-order valence-corrected chi connectivity index (χ4v) is 4.21. The van der Waals surface area contributed by atoms with E-state index in [9.17, 15) is 5.11 Å². The number of likely N-dealkylation sites (N-methyl/N-ethyl adjacent to an activating group) is 1. The van der Waals surface area contributed by atoms with Crippen molar-refractivity contribution in [1.82, 2.24) is 19.8 Å². The SMILES string of the molecule is CN1CCN([C@H]2CCN(c3cncc(N(C)C)n3)C[C@H]2CCCO)CC1. The molecular weight excluding hydrogens is 328 g/mol. The lowest BCUT2D eigenvalue weighted by atomic mass is 9.86. The molecular formula is C19H34N6O. The van der Waals surface area contributed by atoms with Gasteiger partial charge in [-0.1, -0.05) is 0 Å². The standard InChI is InChI=1S/C19H34N6O/c1-22(2)18-13-20-14-19(21-18)25-7-6-17(16(15-25)5-4-12-26)24-10-8-23(3)9-11-24/h13-14,16-17,26H,4-12,15H2,1-3H3/t16-,17+/m1/s1. The molecule has 0 spiro atoms. The van der Waals surface area contributed by atoms with Gasteiger partial charge in [0.15, 0.2) is 0 Å². The molecule has 0 amide bonds. The number of anilines is 2. The van der Waals surface area contributed by atoms with E-state index < -0.39 is 0 Å². The summed E-state index contributed by atoms with van der Waals surface area (Å²) in [5.41, 5.74) is 0. The van der Waals surface area contributed by atoms with E-state index >= 15 is 0 Å². The van der Waals surface area contributed by atoms with Crippen molar-refractivity contribution in [3.63, 3.8) is 0 Å². The molecule has 0 bridgehead atoms. The number of piperazine rings is 1. The Kier molecular flexibility index (Phi) is 6.67. The third-order valence-corrected chi connectivity index (χ3v) is 5.83. The number of aliphatic hydroxyl groups is 1. The van der Waals surface area contributed by atoms with Crippen LogP contribution >= 0.6 is 0 Å². The highest BCUT2D eigenvalue weighted by molar-refractivity contribution is 5.45. The topological polar surface area (TPSA) is 59.0 Å². The van der Waals surface area contributed by atoms with Crippen LogP contribution in [0.5, 0.6) is 0 Å². The Bertz CT molecular complexity index is 561. The molecule has 3 rings (SSSR count). The Morgan fingerprint density at radius 1 is 1.15 bits per heavy atom. The van der Waals surface area contributed by atoms with Crippen molar-refractivity contribution in [2.24, 2.45) is 5.92 Å². The zero-order valence-corrected chi connectivity index (χ0v) is 16.5. The van der Waals surface area contributed by atoms with Gasteiger partial charge in [-0.3, -0.25) is 9.88 Å². The summed E-state index contributed by atoms with van der Waals surface area (Å²) in [6.45, 7) is 6.94. The van der Waals surface area contributed by atoms with Gasteiger partial charge in [0.05, 0.1) is 12.4 Å². The van der Waals surface area contributed by atoms with E-state index in [1.807, 2.05) is 31.4 Å². The largest absolute Gasteiger partial charge is 0.396 e. The first-order valence-electron chi connectivity index (χ1n) is 9.86. The predicted octanol–water partition coefficient (Wildman–Crippen LogP) is 0.757. The Hall–Kier alpha value is -1.44. The molecule has 0 aromatic carbocycles. The second-order valence-electron chi connectivity index (χ2n) is 7.90. The van der Waals surface area contributed by atoms with Gasteiger partial charge in [0.1, 0.15) is 11.6 Å². The molecule has 1 N–H and O–H groups in total. The number of hydrogen-bond donors (Lipinski definition) is 1. The fraction of sp³-hybridized carbons (Fsp3) is 0.789. The van der Waals surface area contributed by atoms with Crippen molar-refractivity contribution < 1.29 is 5.11 Å². The first-order valence-corrected chi connectivity index (χ1v) is 9.86. The van der Waals surface area contributed by atoms with Gasteiger partial charge in [0, 0.05) is 66.0 Å². The minimum Gasteiger partial charge on any atom is -0.396 e. The molecule has 1 aromatic rings. The van der Waals surface area contributed by atoms with Crippen molar-refractivity contribution >= 4 is 11.6 Å². The molecule has 0 unspecified atom stereocenters. The Morgan fingerprint density at radius 2 is 1.92 bits per heavy atom. The van der Waals surface area contributed by atoms with E-state index in [4.69, 9.17) is 4.98 Å². The lowest BCUT2D eigenvalue weighted by Gasteiger charge is -2.46. The predicted molar refractivity (Wildman–Crippen MR) is 106 cm³/mol. The summed E-state index contributed by atoms with van der Waals surface area (Å²) in [5, 5.41) is 9.35. The van der Waals surface area contributed by atoms with Gasteiger partial charge >= 0.3 is 0 Å². The number of aliphatic hydroxyl groups excluding tert-OH is 1. The second kappa shape index (κ2) is 8.97. The van der Waals surface area contributed by atoms with Crippen LogP contribution in [0.2, 0.25) is 0 Å². The zero-order chi connectivity index (χ0) is 18.5. The summed E-state index contributed by atoms with van der Waals surface area (Å²) in [4.78, 5) is 18.6. The molecule has 2 aliphatic rings. The molecule has 2 saturated heterocycles. The van der Waals surface area contributed by atoms with E-state index in [1.165, 1.54) is 0 Å². The van der Waals surface area contributed by atoms with E-state index in [-0.39, 0.29) is 6.61 Å². The third kappa shape index (κ3) is 4.64. The normalized spacial score (nSPS) is 25.5. The van der Waals surface area contributed by atoms with Crippen molar-refractivity contribution in [3.05, 3.63) is 12.4 Å². The highest BCUT2D eigenvalue weighted by Gasteiger charge is 2.34. The molecule has 3 heterocycles. The molecule has 26 heavy (non-hydrogen) atoms. The van der Waals surface area contributed by atoms with Gasteiger partial charge in [0.2, 0.25) is 0 Å². The maximum atomic E-state index is 9.35. The summed E-state index contributed by atoms with van der Waals surface area (Å²) in [5.74, 6) is 2.45. The average molecular weight is 363 g/mol. The van der Waals surface area contributed by atoms with Crippen LogP contribution in [0.3, 0.4) is 0 Å². The van der Waals surface area contributed by atoms with E-state index in [0.29, 0.717) is 12.0 Å². The number of hydrogen-bond acceptors (Lipinski definition) is 7. The van der Waals surface area contributed by atoms with E-state index in [2.05, 4.69) is 26.7 Å². The molecule has 7 nitrogen and oxygen atoms in total. The second-order valence-corrected chi connectivity index (χ2v) is 7.90. The Morgan fingerprint density at radius 3 is 2.62 bits per heavy atom. The van der Waals surface area contributed by atoms with Crippen molar-refractivity contribution in [2.75, 3.05) is 76.8 Å². The summed E-state index contributed by atoms with van der Waals surface area (Å²) in [6, 6.07) is 0.622. The van der Waals surface area contributed by atoms with Crippen LogP contribution in [0.4, 0.5) is 11.6 Å². The number of rotatable bonds is 6. The average Bonchev–Trinajstić information content (AvgIpc) is 2.67. The molecule has 7 heteroatoms. The van der Waals surface area contributed by atoms with Gasteiger partial charge in [-0.05, 0) is 32.2 Å². The number of nitrogens with zero attached hydrogens (tertiary/aromatic N) is 6. The van der Waals surface area contributed by atoms with Crippen LogP contribution in [0, 0.1) is 5.92 Å².